The molecule has 0 aliphatic rings. The molecule has 2 heterocycles. The van der Waals surface area contributed by atoms with Gasteiger partial charge in [-0.05, 0) is 44.0 Å². The molecular formula is C18H17FN4O. The number of hydrogen-bond acceptors (Lipinski definition) is 4. The first kappa shape index (κ1) is 15.8. The zero-order chi connectivity index (χ0) is 17.6. The Kier molecular flexibility index (Phi) is 3.64. The number of benzene rings is 1. The van der Waals surface area contributed by atoms with E-state index >= 15 is 0 Å². The zero-order valence-corrected chi connectivity index (χ0v) is 13.9. The molecule has 0 bridgehead atoms. The standard InChI is InChI=1S/C18H17FN4O/c1-9-5-12-13(7-20)17(21)23(18(12)22-8-9)15-10(2)6-14(19)16(24-4)11(15)3/h5-6,8H,21H2,1-4H3. The van der Waals surface area contributed by atoms with E-state index < -0.39 is 5.82 Å². The summed E-state index contributed by atoms with van der Waals surface area (Å²) >= 11 is 0. The van der Waals surface area contributed by atoms with Gasteiger partial charge in [-0.1, -0.05) is 0 Å². The predicted octanol–water partition coefficient (Wildman–Crippen LogP) is 3.55. The van der Waals surface area contributed by atoms with Crippen molar-refractivity contribution < 1.29 is 9.13 Å². The summed E-state index contributed by atoms with van der Waals surface area (Å²) in [5, 5.41) is 10.2. The largest absolute Gasteiger partial charge is 0.493 e. The number of nitriles is 1. The van der Waals surface area contributed by atoms with E-state index in [1.807, 2.05) is 13.0 Å². The number of ether oxygens (including phenoxy) is 1. The lowest BCUT2D eigenvalue weighted by atomic mass is 10.1. The van der Waals surface area contributed by atoms with E-state index in [1.54, 1.807) is 24.6 Å². The van der Waals surface area contributed by atoms with E-state index in [4.69, 9.17) is 10.5 Å². The molecule has 0 fully saturated rings. The van der Waals surface area contributed by atoms with Crippen LogP contribution in [0.1, 0.15) is 22.3 Å². The highest BCUT2D eigenvalue weighted by molar-refractivity contribution is 5.92. The van der Waals surface area contributed by atoms with Crippen molar-refractivity contribution in [3.63, 3.8) is 0 Å². The van der Waals surface area contributed by atoms with E-state index in [0.717, 1.165) is 5.56 Å². The van der Waals surface area contributed by atoms with E-state index in [1.165, 1.54) is 13.2 Å². The number of methoxy groups -OCH3 is 1. The van der Waals surface area contributed by atoms with Gasteiger partial charge in [0, 0.05) is 17.1 Å². The third kappa shape index (κ3) is 2.09. The second-order valence-electron chi connectivity index (χ2n) is 5.77. The first-order valence-corrected chi connectivity index (χ1v) is 7.41. The molecule has 3 rings (SSSR count). The predicted molar refractivity (Wildman–Crippen MR) is 90.9 cm³/mol. The lowest BCUT2D eigenvalue weighted by molar-refractivity contribution is 0.383. The van der Waals surface area contributed by atoms with Crippen LogP contribution in [0, 0.1) is 37.9 Å². The molecule has 2 aromatic heterocycles. The Morgan fingerprint density at radius 1 is 1.29 bits per heavy atom. The van der Waals surface area contributed by atoms with Crippen molar-refractivity contribution in [2.45, 2.75) is 20.8 Å². The third-order valence-electron chi connectivity index (χ3n) is 4.15. The lowest BCUT2D eigenvalue weighted by Gasteiger charge is -2.17. The van der Waals surface area contributed by atoms with Gasteiger partial charge in [0.05, 0.1) is 12.8 Å². The van der Waals surface area contributed by atoms with Crippen LogP contribution in [0.3, 0.4) is 0 Å². The van der Waals surface area contributed by atoms with Gasteiger partial charge in [0.2, 0.25) is 0 Å². The summed E-state index contributed by atoms with van der Waals surface area (Å²) in [7, 11) is 1.42. The van der Waals surface area contributed by atoms with Gasteiger partial charge in [-0.2, -0.15) is 5.26 Å². The summed E-state index contributed by atoms with van der Waals surface area (Å²) < 4.78 is 21.0. The number of hydrogen-bond donors (Lipinski definition) is 1. The van der Waals surface area contributed by atoms with Crippen LogP contribution in [-0.4, -0.2) is 16.7 Å². The lowest BCUT2D eigenvalue weighted by Crippen LogP contribution is -2.07. The second kappa shape index (κ2) is 5.53. The Morgan fingerprint density at radius 2 is 2.00 bits per heavy atom. The Balaban J connectivity index is 2.49. The molecule has 24 heavy (non-hydrogen) atoms. The molecule has 0 amide bonds. The smallest absolute Gasteiger partial charge is 0.165 e. The molecule has 6 heteroatoms. The topological polar surface area (TPSA) is 76.9 Å². The fraction of sp³-hybridized carbons (Fsp3) is 0.222. The Bertz CT molecular complexity index is 1010. The summed E-state index contributed by atoms with van der Waals surface area (Å²) in [4.78, 5) is 4.44. The molecule has 0 aliphatic heterocycles. The quantitative estimate of drug-likeness (QED) is 0.782. The number of aromatic nitrogens is 2. The van der Waals surface area contributed by atoms with Gasteiger partial charge >= 0.3 is 0 Å². The number of fused-ring (bicyclic) bond motifs is 1. The number of pyridine rings is 1. The van der Waals surface area contributed by atoms with Crippen LogP contribution in [-0.2, 0) is 0 Å². The van der Waals surface area contributed by atoms with E-state index in [9.17, 15) is 9.65 Å². The van der Waals surface area contributed by atoms with E-state index in [0.29, 0.717) is 33.4 Å². The summed E-state index contributed by atoms with van der Waals surface area (Å²) in [6, 6.07) is 5.41. The Morgan fingerprint density at radius 3 is 2.62 bits per heavy atom. The molecule has 0 radical (unpaired) electrons. The Labute approximate surface area is 139 Å². The number of halogens is 1. The fourth-order valence-electron chi connectivity index (χ4n) is 3.13. The van der Waals surface area contributed by atoms with Crippen LogP contribution in [0.5, 0.6) is 5.75 Å². The van der Waals surface area contributed by atoms with Crippen LogP contribution < -0.4 is 10.5 Å². The van der Waals surface area contributed by atoms with Gasteiger partial charge in [0.1, 0.15) is 23.1 Å². The van der Waals surface area contributed by atoms with Crippen molar-refractivity contribution in [1.82, 2.24) is 9.55 Å². The van der Waals surface area contributed by atoms with Crippen LogP contribution in [0.15, 0.2) is 18.3 Å². The zero-order valence-electron chi connectivity index (χ0n) is 13.9. The van der Waals surface area contributed by atoms with Gasteiger partial charge in [0.15, 0.2) is 11.6 Å². The van der Waals surface area contributed by atoms with Crippen molar-refractivity contribution in [2.75, 3.05) is 12.8 Å². The summed E-state index contributed by atoms with van der Waals surface area (Å²) in [5.74, 6) is 0.00326. The summed E-state index contributed by atoms with van der Waals surface area (Å²) in [6.07, 6.45) is 1.71. The van der Waals surface area contributed by atoms with Crippen LogP contribution in [0.4, 0.5) is 10.2 Å². The molecule has 0 saturated carbocycles. The molecule has 0 spiro atoms. The average Bonchev–Trinajstić information content (AvgIpc) is 2.79. The van der Waals surface area contributed by atoms with E-state index in [-0.39, 0.29) is 11.6 Å². The number of aryl methyl sites for hydroxylation is 2. The third-order valence-corrected chi connectivity index (χ3v) is 4.15. The van der Waals surface area contributed by atoms with Crippen molar-refractivity contribution in [3.05, 3.63) is 46.4 Å². The number of rotatable bonds is 2. The summed E-state index contributed by atoms with van der Waals surface area (Å²) in [6.45, 7) is 5.45. The molecule has 2 N–H and O–H groups in total. The monoisotopic (exact) mass is 324 g/mol. The number of nitrogens with two attached hydrogens (primary N) is 1. The number of nitrogen functional groups attached to an aromatic ring is 1. The molecule has 0 saturated heterocycles. The molecule has 0 unspecified atom stereocenters. The Hall–Kier alpha value is -3.07. The van der Waals surface area contributed by atoms with E-state index in [2.05, 4.69) is 11.1 Å². The first-order valence-electron chi connectivity index (χ1n) is 7.41. The molecule has 0 aliphatic carbocycles. The van der Waals surface area contributed by atoms with Gasteiger partial charge in [-0.3, -0.25) is 4.57 Å². The molecule has 0 atom stereocenters. The van der Waals surface area contributed by atoms with Crippen molar-refractivity contribution in [1.29, 1.82) is 5.26 Å². The van der Waals surface area contributed by atoms with Crippen LogP contribution in [0.25, 0.3) is 16.7 Å². The average molecular weight is 324 g/mol. The molecular weight excluding hydrogens is 307 g/mol. The maximum absolute atomic E-state index is 14.1. The van der Waals surface area contributed by atoms with Crippen LogP contribution >= 0.6 is 0 Å². The SMILES string of the molecule is COc1c(F)cc(C)c(-n2c(N)c(C#N)c3cc(C)cnc32)c1C. The first-order chi connectivity index (χ1) is 11.4. The number of anilines is 1. The van der Waals surface area contributed by atoms with Crippen LogP contribution in [0.2, 0.25) is 0 Å². The molecule has 122 valence electrons. The van der Waals surface area contributed by atoms with Gasteiger partial charge in [-0.15, -0.1) is 0 Å². The molecule has 1 aromatic carbocycles. The summed E-state index contributed by atoms with van der Waals surface area (Å²) in [5.41, 5.74) is 10.1. The maximum atomic E-state index is 14.1. The normalized spacial score (nSPS) is 10.8. The maximum Gasteiger partial charge on any atom is 0.165 e. The van der Waals surface area contributed by atoms with Crippen molar-refractivity contribution in [3.8, 4) is 17.5 Å². The molecule has 5 nitrogen and oxygen atoms in total. The highest BCUT2D eigenvalue weighted by Gasteiger charge is 2.22. The minimum absolute atomic E-state index is 0.155. The fourth-order valence-corrected chi connectivity index (χ4v) is 3.13. The highest BCUT2D eigenvalue weighted by Crippen LogP contribution is 2.37. The van der Waals surface area contributed by atoms with Gasteiger partial charge in [0.25, 0.3) is 0 Å². The van der Waals surface area contributed by atoms with Crippen molar-refractivity contribution in [2.24, 2.45) is 0 Å². The van der Waals surface area contributed by atoms with Gasteiger partial charge in [-0.25, -0.2) is 9.37 Å². The molecule has 3 aromatic rings. The minimum atomic E-state index is -0.435. The highest BCUT2D eigenvalue weighted by atomic mass is 19.1. The second-order valence-corrected chi connectivity index (χ2v) is 5.77. The minimum Gasteiger partial charge on any atom is -0.493 e. The van der Waals surface area contributed by atoms with Gasteiger partial charge < -0.3 is 10.5 Å². The number of nitrogens with zero attached hydrogens (tertiary/aromatic N) is 3. The van der Waals surface area contributed by atoms with Crippen molar-refractivity contribution >= 4 is 16.9 Å².